The van der Waals surface area contributed by atoms with Crippen LogP contribution >= 0.6 is 11.6 Å². The minimum absolute atomic E-state index is 0.0114. The van der Waals surface area contributed by atoms with E-state index in [0.29, 0.717) is 19.4 Å². The Morgan fingerprint density at radius 2 is 1.74 bits per heavy atom. The summed E-state index contributed by atoms with van der Waals surface area (Å²) in [6, 6.07) is 6.29. The molecule has 1 heterocycles. The first-order valence-corrected chi connectivity index (χ1v) is 10.8. The number of aryl methyl sites for hydroxylation is 2. The topological polar surface area (TPSA) is 38.8 Å². The number of ether oxygens (including phenoxy) is 2. The normalized spacial score (nSPS) is 16.7. The molecule has 1 unspecified atom stereocenters. The number of rotatable bonds is 9. The highest BCUT2D eigenvalue weighted by atomic mass is 35.5. The lowest BCUT2D eigenvalue weighted by atomic mass is 10.0. The Bertz CT molecular complexity index is 563. The molecule has 1 saturated heterocycles. The van der Waals surface area contributed by atoms with Gasteiger partial charge in [-0.05, 0) is 43.2 Å². The second-order valence-corrected chi connectivity index (χ2v) is 7.57. The smallest absolute Gasteiger partial charge is 0.245 e. The number of alkyl halides is 1. The third kappa shape index (κ3) is 6.20. The first-order chi connectivity index (χ1) is 13.1. The van der Waals surface area contributed by atoms with Crippen LogP contribution in [0.25, 0.3) is 0 Å². The number of nitrogens with zero attached hydrogens (tertiary/aromatic N) is 1. The van der Waals surface area contributed by atoms with Crippen molar-refractivity contribution in [2.24, 2.45) is 0 Å². The number of halogens is 1. The maximum absolute atomic E-state index is 13.2. The molecule has 0 bridgehead atoms. The highest BCUT2D eigenvalue weighted by Crippen LogP contribution is 2.29. The molecule has 0 aliphatic carbocycles. The molecule has 1 aromatic rings. The standard InChI is InChI=1S/C22H34ClNO3/c1-4-10-19(23)22(25)24(14-13-20-26-15-7-8-16-27-20)21-17(5-2)11-9-12-18(21)6-3/h9,11-12,19-20H,4-8,10,13-16H2,1-3H3. The van der Waals surface area contributed by atoms with Gasteiger partial charge in [0.1, 0.15) is 5.38 Å². The van der Waals surface area contributed by atoms with Crippen molar-refractivity contribution in [3.8, 4) is 0 Å². The third-order valence-corrected chi connectivity index (χ3v) is 5.45. The van der Waals surface area contributed by atoms with E-state index < -0.39 is 5.38 Å². The predicted molar refractivity (Wildman–Crippen MR) is 112 cm³/mol. The van der Waals surface area contributed by atoms with E-state index >= 15 is 0 Å². The number of carbonyl (C=O) groups excluding carboxylic acids is 1. The molecule has 1 aliphatic heterocycles. The Morgan fingerprint density at radius 1 is 1.15 bits per heavy atom. The van der Waals surface area contributed by atoms with E-state index in [4.69, 9.17) is 21.1 Å². The molecule has 4 nitrogen and oxygen atoms in total. The number of hydrogen-bond acceptors (Lipinski definition) is 3. The fraction of sp³-hybridized carbons (Fsp3) is 0.682. The summed E-state index contributed by atoms with van der Waals surface area (Å²) in [5.41, 5.74) is 3.40. The van der Waals surface area contributed by atoms with Crippen LogP contribution in [0.1, 0.15) is 64.0 Å². The summed E-state index contributed by atoms with van der Waals surface area (Å²) in [7, 11) is 0. The van der Waals surface area contributed by atoms with Gasteiger partial charge >= 0.3 is 0 Å². The molecule has 0 saturated carbocycles. The summed E-state index contributed by atoms with van der Waals surface area (Å²) in [6.45, 7) is 8.31. The van der Waals surface area contributed by atoms with E-state index in [0.717, 1.165) is 51.0 Å². The maximum atomic E-state index is 13.2. The Labute approximate surface area is 169 Å². The van der Waals surface area contributed by atoms with Crippen LogP contribution in [0, 0.1) is 0 Å². The van der Waals surface area contributed by atoms with E-state index in [9.17, 15) is 4.79 Å². The van der Waals surface area contributed by atoms with Gasteiger partial charge in [0.15, 0.2) is 6.29 Å². The molecule has 27 heavy (non-hydrogen) atoms. The minimum atomic E-state index is -0.499. The molecule has 1 aliphatic rings. The Morgan fingerprint density at radius 3 is 2.26 bits per heavy atom. The fourth-order valence-corrected chi connectivity index (χ4v) is 3.86. The van der Waals surface area contributed by atoms with Gasteiger partial charge in [0, 0.05) is 26.2 Å². The highest BCUT2D eigenvalue weighted by molar-refractivity contribution is 6.32. The monoisotopic (exact) mass is 395 g/mol. The second-order valence-electron chi connectivity index (χ2n) is 7.04. The summed E-state index contributed by atoms with van der Waals surface area (Å²) in [5, 5.41) is -0.499. The van der Waals surface area contributed by atoms with Gasteiger partial charge in [-0.1, -0.05) is 45.4 Å². The second kappa shape index (κ2) is 11.7. The van der Waals surface area contributed by atoms with Crippen molar-refractivity contribution in [2.75, 3.05) is 24.7 Å². The third-order valence-electron chi connectivity index (χ3n) is 5.05. The van der Waals surface area contributed by atoms with Crippen molar-refractivity contribution in [3.63, 3.8) is 0 Å². The first-order valence-electron chi connectivity index (χ1n) is 10.4. The van der Waals surface area contributed by atoms with Crippen molar-refractivity contribution in [3.05, 3.63) is 29.3 Å². The SMILES string of the molecule is CCCC(Cl)C(=O)N(CCC1OCCCCO1)c1c(CC)cccc1CC. The number of carbonyl (C=O) groups is 1. The molecule has 1 amide bonds. The molecule has 1 aromatic carbocycles. The molecular weight excluding hydrogens is 362 g/mol. The quantitative estimate of drug-likeness (QED) is 0.546. The van der Waals surface area contributed by atoms with Crippen LogP contribution in [-0.4, -0.2) is 37.3 Å². The van der Waals surface area contributed by atoms with Crippen molar-refractivity contribution in [1.82, 2.24) is 0 Å². The molecule has 152 valence electrons. The van der Waals surface area contributed by atoms with Crippen LogP contribution in [-0.2, 0) is 27.1 Å². The van der Waals surface area contributed by atoms with E-state index in [2.05, 4.69) is 39.0 Å². The molecule has 0 spiro atoms. The molecular formula is C22H34ClNO3. The minimum Gasteiger partial charge on any atom is -0.353 e. The van der Waals surface area contributed by atoms with E-state index in [1.54, 1.807) is 0 Å². The van der Waals surface area contributed by atoms with Gasteiger partial charge < -0.3 is 14.4 Å². The largest absolute Gasteiger partial charge is 0.353 e. The van der Waals surface area contributed by atoms with Crippen LogP contribution in [0.5, 0.6) is 0 Å². The maximum Gasteiger partial charge on any atom is 0.245 e. The van der Waals surface area contributed by atoms with Crippen LogP contribution < -0.4 is 4.90 Å². The summed E-state index contributed by atoms with van der Waals surface area (Å²) >= 11 is 6.46. The highest BCUT2D eigenvalue weighted by Gasteiger charge is 2.27. The van der Waals surface area contributed by atoms with Crippen molar-refractivity contribution in [2.45, 2.75) is 77.4 Å². The number of hydrogen-bond donors (Lipinski definition) is 0. The Balaban J connectivity index is 2.28. The molecule has 0 radical (unpaired) electrons. The molecule has 1 fully saturated rings. The van der Waals surface area contributed by atoms with Crippen molar-refractivity contribution in [1.29, 1.82) is 0 Å². The van der Waals surface area contributed by atoms with Gasteiger partial charge in [-0.2, -0.15) is 0 Å². The molecule has 0 N–H and O–H groups in total. The van der Waals surface area contributed by atoms with Gasteiger partial charge in [0.05, 0.1) is 5.69 Å². The molecule has 2 rings (SSSR count). The summed E-state index contributed by atoms with van der Waals surface area (Å²) in [5.74, 6) is -0.0114. The van der Waals surface area contributed by atoms with Crippen molar-refractivity contribution < 1.29 is 14.3 Å². The van der Waals surface area contributed by atoms with Gasteiger partial charge in [-0.3, -0.25) is 4.79 Å². The average Bonchev–Trinajstić information content (AvgIpc) is 2.96. The molecule has 5 heteroatoms. The number of benzene rings is 1. The zero-order valence-electron chi connectivity index (χ0n) is 17.0. The van der Waals surface area contributed by atoms with Crippen LogP contribution in [0.15, 0.2) is 18.2 Å². The average molecular weight is 396 g/mol. The van der Waals surface area contributed by atoms with E-state index in [1.165, 1.54) is 11.1 Å². The van der Waals surface area contributed by atoms with E-state index in [1.807, 2.05) is 4.90 Å². The summed E-state index contributed by atoms with van der Waals surface area (Å²) in [4.78, 5) is 15.1. The van der Waals surface area contributed by atoms with Gasteiger partial charge in [0.25, 0.3) is 0 Å². The summed E-state index contributed by atoms with van der Waals surface area (Å²) in [6.07, 6.45) is 5.79. The lowest BCUT2D eigenvalue weighted by molar-refractivity contribution is -0.129. The van der Waals surface area contributed by atoms with Gasteiger partial charge in [0.2, 0.25) is 5.91 Å². The number of para-hydroxylation sites is 1. The lowest BCUT2D eigenvalue weighted by Gasteiger charge is -2.30. The van der Waals surface area contributed by atoms with Crippen LogP contribution in [0.4, 0.5) is 5.69 Å². The van der Waals surface area contributed by atoms with Gasteiger partial charge in [-0.25, -0.2) is 0 Å². The Kier molecular flexibility index (Phi) is 9.60. The first kappa shape index (κ1) is 22.2. The predicted octanol–water partition coefficient (Wildman–Crippen LogP) is 5.10. The summed E-state index contributed by atoms with van der Waals surface area (Å²) < 4.78 is 11.6. The molecule has 0 aromatic heterocycles. The van der Waals surface area contributed by atoms with Crippen molar-refractivity contribution >= 4 is 23.2 Å². The number of amides is 1. The van der Waals surface area contributed by atoms with Gasteiger partial charge in [-0.15, -0.1) is 11.6 Å². The molecule has 1 atom stereocenters. The van der Waals surface area contributed by atoms with Crippen LogP contribution in [0.2, 0.25) is 0 Å². The zero-order valence-corrected chi connectivity index (χ0v) is 17.8. The fourth-order valence-electron chi connectivity index (χ4n) is 3.52. The van der Waals surface area contributed by atoms with E-state index in [-0.39, 0.29) is 12.2 Å². The number of anilines is 1. The lowest BCUT2D eigenvalue weighted by Crippen LogP contribution is -2.40. The Hall–Kier alpha value is -1.10. The van der Waals surface area contributed by atoms with Crippen LogP contribution in [0.3, 0.4) is 0 Å². The zero-order chi connectivity index (χ0) is 19.6.